The summed E-state index contributed by atoms with van der Waals surface area (Å²) in [7, 11) is 1.54. The summed E-state index contributed by atoms with van der Waals surface area (Å²) in [6.07, 6.45) is 7.26. The molecule has 4 heterocycles. The maximum Gasteiger partial charge on any atom is 0.188 e. The fourth-order valence-corrected chi connectivity index (χ4v) is 5.59. The molecule has 0 aliphatic carbocycles. The summed E-state index contributed by atoms with van der Waals surface area (Å²) in [4.78, 5) is 2.22. The van der Waals surface area contributed by atoms with Crippen molar-refractivity contribution in [3.63, 3.8) is 0 Å². The highest BCUT2D eigenvalue weighted by molar-refractivity contribution is 5.75. The summed E-state index contributed by atoms with van der Waals surface area (Å²) in [5, 5.41) is 13.4. The van der Waals surface area contributed by atoms with Crippen LogP contribution in [0, 0.1) is 11.2 Å². The van der Waals surface area contributed by atoms with Gasteiger partial charge in [0.05, 0.1) is 17.9 Å². The van der Waals surface area contributed by atoms with Gasteiger partial charge >= 0.3 is 0 Å². The molecule has 9 nitrogen and oxygen atoms in total. The van der Waals surface area contributed by atoms with Crippen molar-refractivity contribution in [2.45, 2.75) is 64.8 Å². The van der Waals surface area contributed by atoms with E-state index in [1.165, 1.54) is 6.07 Å². The van der Waals surface area contributed by atoms with Crippen LogP contribution >= 0.6 is 0 Å². The summed E-state index contributed by atoms with van der Waals surface area (Å²) in [6.45, 7) is 8.10. The first-order valence-electron chi connectivity index (χ1n) is 13.2. The van der Waals surface area contributed by atoms with Crippen molar-refractivity contribution in [2.24, 2.45) is 11.1 Å². The number of nitrogens with zero attached hydrogens (tertiary/aromatic N) is 5. The Hall–Kier alpha value is -3.08. The molecule has 0 radical (unpaired) electrons. The number of halogens is 1. The van der Waals surface area contributed by atoms with E-state index in [9.17, 15) is 0 Å². The minimum absolute atomic E-state index is 0.00664. The first-order valence-corrected chi connectivity index (χ1v) is 13.2. The molecule has 5 rings (SSSR count). The Kier molecular flexibility index (Phi) is 7.65. The predicted octanol–water partition coefficient (Wildman–Crippen LogP) is 4.78. The van der Waals surface area contributed by atoms with Crippen molar-refractivity contribution < 1.29 is 18.6 Å². The maximum absolute atomic E-state index is 15.5. The van der Waals surface area contributed by atoms with Crippen LogP contribution in [0.2, 0.25) is 0 Å². The second-order valence-electron chi connectivity index (χ2n) is 11.1. The zero-order chi connectivity index (χ0) is 26.9. The number of benzene rings is 1. The molecular weight excluding hydrogens is 487 g/mol. The summed E-state index contributed by atoms with van der Waals surface area (Å²) in [6, 6.07) is 7.08. The first-order chi connectivity index (χ1) is 18.3. The molecule has 3 atom stereocenters. The zero-order valence-electron chi connectivity index (χ0n) is 22.6. The number of aromatic nitrogens is 4. The van der Waals surface area contributed by atoms with Crippen LogP contribution in [0.25, 0.3) is 22.4 Å². The van der Waals surface area contributed by atoms with Crippen molar-refractivity contribution in [3.05, 3.63) is 42.5 Å². The number of hydrogen-bond acceptors (Lipinski definition) is 8. The van der Waals surface area contributed by atoms with Gasteiger partial charge in [-0.2, -0.15) is 5.10 Å². The van der Waals surface area contributed by atoms with Crippen LogP contribution in [-0.2, 0) is 9.47 Å². The summed E-state index contributed by atoms with van der Waals surface area (Å²) < 4.78 is 34.1. The lowest BCUT2D eigenvalue weighted by Crippen LogP contribution is -2.48. The van der Waals surface area contributed by atoms with E-state index >= 15 is 4.39 Å². The predicted molar refractivity (Wildman–Crippen MR) is 143 cm³/mol. The maximum atomic E-state index is 15.5. The average Bonchev–Trinajstić information content (AvgIpc) is 3.55. The van der Waals surface area contributed by atoms with E-state index in [4.69, 9.17) is 19.9 Å². The lowest BCUT2D eigenvalue weighted by Gasteiger charge is -2.37. The third-order valence-electron chi connectivity index (χ3n) is 7.32. The highest BCUT2D eigenvalue weighted by Crippen LogP contribution is 2.38. The third-order valence-corrected chi connectivity index (χ3v) is 7.32. The Bertz CT molecular complexity index is 1240. The molecule has 2 aliphatic rings. The summed E-state index contributed by atoms with van der Waals surface area (Å²) in [5.41, 5.74) is 8.45. The molecular formula is C28H37FN6O3. The lowest BCUT2D eigenvalue weighted by atomic mass is 9.83. The van der Waals surface area contributed by atoms with Crippen molar-refractivity contribution in [3.8, 4) is 28.1 Å². The topological polar surface area (TPSA) is 101 Å². The van der Waals surface area contributed by atoms with Gasteiger partial charge in [0.1, 0.15) is 17.8 Å². The van der Waals surface area contributed by atoms with Crippen LogP contribution in [0.4, 0.5) is 10.2 Å². The third kappa shape index (κ3) is 5.39. The summed E-state index contributed by atoms with van der Waals surface area (Å²) in [5.74, 6) is 0.802. The highest BCUT2D eigenvalue weighted by atomic mass is 19.1. The van der Waals surface area contributed by atoms with E-state index in [-0.39, 0.29) is 30.5 Å². The van der Waals surface area contributed by atoms with E-state index < -0.39 is 5.82 Å². The van der Waals surface area contributed by atoms with E-state index in [0.717, 1.165) is 38.0 Å². The SMILES string of the molecule is COCOc1cc(-c2cnn(C3CCCCO3)c2)c(F)cc1-c1ccc(N2CCC(N)C2C(C)(C)C)nn1. The van der Waals surface area contributed by atoms with Crippen LogP contribution < -0.4 is 15.4 Å². The molecule has 204 valence electrons. The number of anilines is 1. The smallest absolute Gasteiger partial charge is 0.188 e. The monoisotopic (exact) mass is 524 g/mol. The minimum Gasteiger partial charge on any atom is -0.467 e. The van der Waals surface area contributed by atoms with E-state index in [1.54, 1.807) is 24.1 Å². The van der Waals surface area contributed by atoms with Gasteiger partial charge in [0.2, 0.25) is 0 Å². The average molecular weight is 525 g/mol. The normalized spacial score (nSPS) is 22.2. The van der Waals surface area contributed by atoms with Gasteiger partial charge in [0.15, 0.2) is 12.6 Å². The van der Waals surface area contributed by atoms with Gasteiger partial charge in [0, 0.05) is 49.2 Å². The number of ether oxygens (including phenoxy) is 3. The lowest BCUT2D eigenvalue weighted by molar-refractivity contribution is -0.0394. The van der Waals surface area contributed by atoms with Gasteiger partial charge in [-0.3, -0.25) is 0 Å². The van der Waals surface area contributed by atoms with Crippen molar-refractivity contribution in [2.75, 3.05) is 32.0 Å². The van der Waals surface area contributed by atoms with Crippen molar-refractivity contribution >= 4 is 5.82 Å². The molecule has 2 aromatic heterocycles. The Morgan fingerprint density at radius 2 is 1.97 bits per heavy atom. The molecule has 10 heteroatoms. The van der Waals surface area contributed by atoms with E-state index in [0.29, 0.717) is 34.7 Å². The molecule has 0 bridgehead atoms. The Morgan fingerprint density at radius 3 is 2.66 bits per heavy atom. The number of methoxy groups -OCH3 is 1. The molecule has 0 spiro atoms. The first kappa shape index (κ1) is 26.5. The fraction of sp³-hybridized carbons (Fsp3) is 0.536. The largest absolute Gasteiger partial charge is 0.467 e. The molecule has 2 fully saturated rings. The quantitative estimate of drug-likeness (QED) is 0.441. The molecule has 2 saturated heterocycles. The standard InChI is InChI=1S/C28H37FN6O3/c1-28(2,3)27-22(30)10-11-34(27)25-9-8-23(32-33-25)20-13-21(29)19(14-24(20)38-17-36-4)18-15-31-35(16-18)26-7-5-6-12-37-26/h8-9,13-16,22,26-27H,5-7,10-12,17,30H2,1-4H3. The Morgan fingerprint density at radius 1 is 1.13 bits per heavy atom. The zero-order valence-corrected chi connectivity index (χ0v) is 22.6. The summed E-state index contributed by atoms with van der Waals surface area (Å²) >= 11 is 0. The molecule has 2 aliphatic heterocycles. The molecule has 2 N–H and O–H groups in total. The van der Waals surface area contributed by atoms with Crippen LogP contribution in [0.3, 0.4) is 0 Å². The van der Waals surface area contributed by atoms with Crippen LogP contribution in [0.1, 0.15) is 52.7 Å². The van der Waals surface area contributed by atoms with Gasteiger partial charge in [0.25, 0.3) is 0 Å². The van der Waals surface area contributed by atoms with Crippen LogP contribution in [-0.4, -0.2) is 59.1 Å². The Balaban J connectivity index is 1.44. The molecule has 0 amide bonds. The fourth-order valence-electron chi connectivity index (χ4n) is 5.59. The second kappa shape index (κ2) is 11.0. The molecule has 38 heavy (non-hydrogen) atoms. The number of rotatable bonds is 7. The van der Waals surface area contributed by atoms with Gasteiger partial charge < -0.3 is 24.8 Å². The number of hydrogen-bond donors (Lipinski definition) is 1. The van der Waals surface area contributed by atoms with Crippen molar-refractivity contribution in [1.29, 1.82) is 0 Å². The van der Waals surface area contributed by atoms with E-state index in [2.05, 4.69) is 41.0 Å². The molecule has 0 saturated carbocycles. The minimum atomic E-state index is -0.405. The van der Waals surface area contributed by atoms with E-state index in [1.807, 2.05) is 18.3 Å². The van der Waals surface area contributed by atoms with Crippen LogP contribution in [0.5, 0.6) is 5.75 Å². The van der Waals surface area contributed by atoms with Gasteiger partial charge in [-0.05, 0) is 55.4 Å². The van der Waals surface area contributed by atoms with Crippen molar-refractivity contribution in [1.82, 2.24) is 20.0 Å². The van der Waals surface area contributed by atoms with Gasteiger partial charge in [-0.25, -0.2) is 9.07 Å². The second-order valence-corrected chi connectivity index (χ2v) is 11.1. The number of nitrogens with two attached hydrogens (primary N) is 1. The highest BCUT2D eigenvalue weighted by Gasteiger charge is 2.40. The molecule has 3 unspecified atom stereocenters. The van der Waals surface area contributed by atoms with Gasteiger partial charge in [-0.1, -0.05) is 20.8 Å². The van der Waals surface area contributed by atoms with Gasteiger partial charge in [-0.15, -0.1) is 10.2 Å². The molecule has 3 aromatic rings. The Labute approximate surface area is 223 Å². The van der Waals surface area contributed by atoms with Crippen LogP contribution in [0.15, 0.2) is 36.7 Å². The molecule has 1 aromatic carbocycles.